The molecule has 1 aliphatic rings. The lowest BCUT2D eigenvalue weighted by Gasteiger charge is -2.12. The van der Waals surface area contributed by atoms with Gasteiger partial charge >= 0.3 is 0 Å². The van der Waals surface area contributed by atoms with E-state index in [0.717, 1.165) is 0 Å². The molecule has 0 spiro atoms. The summed E-state index contributed by atoms with van der Waals surface area (Å²) in [6.07, 6.45) is 4.54. The average Bonchev–Trinajstić information content (AvgIpc) is 2.47. The Balaban J connectivity index is 2.42. The first-order valence-electron chi connectivity index (χ1n) is 4.20. The van der Waals surface area contributed by atoms with Crippen molar-refractivity contribution in [3.05, 3.63) is 41.5 Å². The van der Waals surface area contributed by atoms with Crippen molar-refractivity contribution in [1.29, 1.82) is 0 Å². The fourth-order valence-corrected chi connectivity index (χ4v) is 2.30. The highest BCUT2D eigenvalue weighted by Gasteiger charge is 2.19. The van der Waals surface area contributed by atoms with Crippen molar-refractivity contribution < 1.29 is 0 Å². The Kier molecular flexibility index (Phi) is 2.22. The lowest BCUT2D eigenvalue weighted by atomic mass is 9.99. The molecular weight excluding hydrogens is 259 g/mol. The minimum absolute atomic E-state index is 0.627. The largest absolute Gasteiger partial charge is 0.0819 e. The topological polar surface area (TPSA) is 0 Å². The van der Waals surface area contributed by atoms with Crippen LogP contribution >= 0.6 is 22.6 Å². The summed E-state index contributed by atoms with van der Waals surface area (Å²) in [4.78, 5) is 0. The third-order valence-electron chi connectivity index (χ3n) is 2.33. The van der Waals surface area contributed by atoms with Crippen LogP contribution in [0.5, 0.6) is 0 Å². The van der Waals surface area contributed by atoms with Crippen LogP contribution < -0.4 is 0 Å². The molecule has 0 heterocycles. The molecule has 0 N–H and O–H groups in total. The molecule has 0 aliphatic heterocycles. The Bertz CT molecular complexity index is 313. The highest BCUT2D eigenvalue weighted by atomic mass is 127. The molecule has 0 radical (unpaired) electrons. The maximum Gasteiger partial charge on any atom is 0.0185 e. The summed E-state index contributed by atoms with van der Waals surface area (Å²) in [5.74, 6) is 0.627. The monoisotopic (exact) mass is 270 g/mol. The van der Waals surface area contributed by atoms with Gasteiger partial charge in [-0.1, -0.05) is 65.9 Å². The first-order chi connectivity index (χ1) is 5.79. The van der Waals surface area contributed by atoms with E-state index in [4.69, 9.17) is 0 Å². The molecule has 0 aromatic heterocycles. The number of benzene rings is 1. The molecule has 0 bridgehead atoms. The molecule has 62 valence electrons. The maximum atomic E-state index is 2.49. The first kappa shape index (κ1) is 8.30. The van der Waals surface area contributed by atoms with Gasteiger partial charge in [0.2, 0.25) is 0 Å². The molecule has 1 aromatic carbocycles. The van der Waals surface area contributed by atoms with E-state index in [1.54, 1.807) is 0 Å². The molecule has 0 fully saturated rings. The average molecular weight is 270 g/mol. The van der Waals surface area contributed by atoms with Crippen molar-refractivity contribution in [1.82, 2.24) is 0 Å². The van der Waals surface area contributed by atoms with Gasteiger partial charge in [-0.2, -0.15) is 0 Å². The summed E-state index contributed by atoms with van der Waals surface area (Å²) in [6, 6.07) is 8.64. The Morgan fingerprint density at radius 1 is 1.33 bits per heavy atom. The maximum absolute atomic E-state index is 2.49. The lowest BCUT2D eigenvalue weighted by Crippen LogP contribution is -2.03. The van der Waals surface area contributed by atoms with Gasteiger partial charge < -0.3 is 0 Å². The second kappa shape index (κ2) is 3.21. The van der Waals surface area contributed by atoms with E-state index in [0.29, 0.717) is 9.84 Å². The van der Waals surface area contributed by atoms with Crippen molar-refractivity contribution in [3.8, 4) is 0 Å². The number of rotatable bonds is 1. The first-order valence-corrected chi connectivity index (χ1v) is 5.45. The van der Waals surface area contributed by atoms with E-state index >= 15 is 0 Å². The number of hydrogen-bond acceptors (Lipinski definition) is 0. The minimum Gasteiger partial charge on any atom is -0.0819 e. The van der Waals surface area contributed by atoms with Gasteiger partial charge in [0.15, 0.2) is 0 Å². The van der Waals surface area contributed by atoms with Crippen LogP contribution in [0, 0.1) is 0 Å². The zero-order chi connectivity index (χ0) is 8.55. The molecule has 0 nitrogen and oxygen atoms in total. The van der Waals surface area contributed by atoms with Crippen molar-refractivity contribution in [2.75, 3.05) is 0 Å². The van der Waals surface area contributed by atoms with E-state index < -0.39 is 0 Å². The molecule has 2 rings (SSSR count). The van der Waals surface area contributed by atoms with Crippen LogP contribution in [-0.2, 0) is 0 Å². The molecular formula is C11H11I. The smallest absolute Gasteiger partial charge is 0.0185 e. The molecule has 0 saturated heterocycles. The van der Waals surface area contributed by atoms with Crippen molar-refractivity contribution >= 4 is 28.7 Å². The minimum atomic E-state index is 0.627. The Hall–Kier alpha value is -0.310. The van der Waals surface area contributed by atoms with Crippen LogP contribution in [0.2, 0.25) is 0 Å². The fraction of sp³-hybridized carbons (Fsp3) is 0.273. The summed E-state index contributed by atoms with van der Waals surface area (Å²) < 4.78 is 0.683. The number of hydrogen-bond donors (Lipinski definition) is 0. The second-order valence-corrected chi connectivity index (χ2v) is 5.16. The van der Waals surface area contributed by atoms with E-state index in [1.165, 1.54) is 11.1 Å². The van der Waals surface area contributed by atoms with Crippen LogP contribution in [0.1, 0.15) is 24.0 Å². The number of alkyl halides is 1. The van der Waals surface area contributed by atoms with Gasteiger partial charge in [0.25, 0.3) is 0 Å². The van der Waals surface area contributed by atoms with Crippen molar-refractivity contribution in [2.45, 2.75) is 16.8 Å². The zero-order valence-corrected chi connectivity index (χ0v) is 9.15. The molecule has 1 aliphatic carbocycles. The second-order valence-electron chi connectivity index (χ2n) is 3.19. The molecule has 0 amide bonds. The van der Waals surface area contributed by atoms with Gasteiger partial charge in [-0.05, 0) is 11.1 Å². The Morgan fingerprint density at radius 3 is 2.83 bits per heavy atom. The van der Waals surface area contributed by atoms with Gasteiger partial charge in [0.05, 0.1) is 0 Å². The lowest BCUT2D eigenvalue weighted by molar-refractivity contribution is 0.866. The predicted octanol–water partition coefficient (Wildman–Crippen LogP) is 3.62. The predicted molar refractivity (Wildman–Crippen MR) is 61.7 cm³/mol. The molecule has 0 unspecified atom stereocenters. The summed E-state index contributed by atoms with van der Waals surface area (Å²) in [5.41, 5.74) is 2.88. The SMILES string of the molecule is C[C@@H](I)[C@@H]1C=Cc2ccccc21. The van der Waals surface area contributed by atoms with Crippen molar-refractivity contribution in [3.63, 3.8) is 0 Å². The highest BCUT2D eigenvalue weighted by molar-refractivity contribution is 14.1. The Labute approximate surface area is 86.8 Å². The number of allylic oxidation sites excluding steroid dienone is 1. The van der Waals surface area contributed by atoms with E-state index in [9.17, 15) is 0 Å². The summed E-state index contributed by atoms with van der Waals surface area (Å²) >= 11 is 2.49. The van der Waals surface area contributed by atoms with E-state index in [1.807, 2.05) is 0 Å². The summed E-state index contributed by atoms with van der Waals surface area (Å²) in [7, 11) is 0. The van der Waals surface area contributed by atoms with E-state index in [-0.39, 0.29) is 0 Å². The summed E-state index contributed by atoms with van der Waals surface area (Å²) in [5, 5.41) is 0. The standard InChI is InChI=1S/C11H11I/c1-8(12)10-7-6-9-4-2-3-5-11(9)10/h2-8,10H,1H3/t8-,10+/m1/s1. The molecule has 1 heteroatoms. The zero-order valence-electron chi connectivity index (χ0n) is 7.00. The van der Waals surface area contributed by atoms with Crippen LogP contribution in [0.3, 0.4) is 0 Å². The Morgan fingerprint density at radius 2 is 2.08 bits per heavy atom. The van der Waals surface area contributed by atoms with Crippen molar-refractivity contribution in [2.24, 2.45) is 0 Å². The molecule has 0 saturated carbocycles. The fourth-order valence-electron chi connectivity index (χ4n) is 1.68. The van der Waals surface area contributed by atoms with Crippen LogP contribution in [-0.4, -0.2) is 3.92 Å². The van der Waals surface area contributed by atoms with Crippen LogP contribution in [0.4, 0.5) is 0 Å². The van der Waals surface area contributed by atoms with Crippen LogP contribution in [0.15, 0.2) is 30.3 Å². The third kappa shape index (κ3) is 1.30. The van der Waals surface area contributed by atoms with E-state index in [2.05, 4.69) is 65.9 Å². The van der Waals surface area contributed by atoms with Gasteiger partial charge in [0, 0.05) is 9.84 Å². The summed E-state index contributed by atoms with van der Waals surface area (Å²) in [6.45, 7) is 2.26. The van der Waals surface area contributed by atoms with Gasteiger partial charge in [-0.3, -0.25) is 0 Å². The van der Waals surface area contributed by atoms with Crippen LogP contribution in [0.25, 0.3) is 6.08 Å². The molecule has 1 aromatic rings. The molecule has 2 atom stereocenters. The highest BCUT2D eigenvalue weighted by Crippen LogP contribution is 2.35. The number of fused-ring (bicyclic) bond motifs is 1. The van der Waals surface area contributed by atoms with Gasteiger partial charge in [0.1, 0.15) is 0 Å². The van der Waals surface area contributed by atoms with Gasteiger partial charge in [-0.15, -0.1) is 0 Å². The third-order valence-corrected chi connectivity index (χ3v) is 3.11. The molecule has 12 heavy (non-hydrogen) atoms. The number of halogens is 1. The van der Waals surface area contributed by atoms with Gasteiger partial charge in [-0.25, -0.2) is 0 Å². The quantitative estimate of drug-likeness (QED) is 0.540. The normalized spacial score (nSPS) is 22.3.